The number of halogens is 3. The lowest BCUT2D eigenvalue weighted by molar-refractivity contribution is -0.137. The van der Waals surface area contributed by atoms with E-state index < -0.39 is 17.7 Å². The van der Waals surface area contributed by atoms with E-state index in [1.54, 1.807) is 24.3 Å². The van der Waals surface area contributed by atoms with Crippen molar-refractivity contribution in [3.8, 4) is 11.3 Å². The summed E-state index contributed by atoms with van der Waals surface area (Å²) in [4.78, 5) is 22.3. The maximum atomic E-state index is 12.7. The van der Waals surface area contributed by atoms with E-state index in [4.69, 9.17) is 5.11 Å². The molecule has 0 saturated heterocycles. The number of benzene rings is 2. The van der Waals surface area contributed by atoms with Crippen LogP contribution in [0.1, 0.15) is 16.1 Å². The minimum atomic E-state index is -4.40. The average molecular weight is 398 g/mol. The third-order valence-electron chi connectivity index (χ3n) is 4.32. The Morgan fingerprint density at radius 2 is 1.79 bits per heavy atom. The first kappa shape index (κ1) is 18.5. The van der Waals surface area contributed by atoms with Crippen LogP contribution >= 0.6 is 0 Å². The molecule has 0 aliphatic rings. The van der Waals surface area contributed by atoms with E-state index in [9.17, 15) is 18.0 Å². The van der Waals surface area contributed by atoms with Gasteiger partial charge in [0, 0.05) is 17.0 Å². The summed E-state index contributed by atoms with van der Waals surface area (Å²) in [6.07, 6.45) is -3.10. The minimum absolute atomic E-state index is 0.0578. The molecule has 0 aliphatic carbocycles. The maximum absolute atomic E-state index is 12.7. The first-order chi connectivity index (χ1) is 13.8. The molecule has 6 nitrogen and oxygen atoms in total. The van der Waals surface area contributed by atoms with E-state index in [2.05, 4.69) is 20.3 Å². The Kier molecular flexibility index (Phi) is 4.42. The van der Waals surface area contributed by atoms with Gasteiger partial charge in [-0.25, -0.2) is 14.8 Å². The molecule has 0 atom stereocenters. The smallest absolute Gasteiger partial charge is 0.416 e. The van der Waals surface area contributed by atoms with Gasteiger partial charge >= 0.3 is 12.1 Å². The summed E-state index contributed by atoms with van der Waals surface area (Å²) in [5, 5.41) is 13.0. The van der Waals surface area contributed by atoms with Crippen LogP contribution in [0.4, 0.5) is 24.7 Å². The number of para-hydroxylation sites is 1. The zero-order valence-electron chi connectivity index (χ0n) is 14.7. The number of hydrogen-bond donors (Lipinski definition) is 3. The van der Waals surface area contributed by atoms with E-state index >= 15 is 0 Å². The Balaban J connectivity index is 1.65. The van der Waals surface area contributed by atoms with Gasteiger partial charge in [0.1, 0.15) is 17.8 Å². The highest BCUT2D eigenvalue weighted by molar-refractivity contribution is 5.99. The fourth-order valence-corrected chi connectivity index (χ4v) is 2.93. The molecular formula is C20H13F3N4O2. The molecule has 0 unspecified atom stereocenters. The highest BCUT2D eigenvalue weighted by atomic mass is 19.4. The quantitative estimate of drug-likeness (QED) is 0.446. The van der Waals surface area contributed by atoms with Crippen LogP contribution < -0.4 is 5.32 Å². The van der Waals surface area contributed by atoms with Crippen molar-refractivity contribution in [2.24, 2.45) is 0 Å². The summed E-state index contributed by atoms with van der Waals surface area (Å²) in [6.45, 7) is 0. The number of carboxylic acid groups (broad SMARTS) is 1. The zero-order chi connectivity index (χ0) is 20.6. The summed E-state index contributed by atoms with van der Waals surface area (Å²) in [5.74, 6) is -0.660. The van der Waals surface area contributed by atoms with Gasteiger partial charge in [-0.1, -0.05) is 24.3 Å². The predicted molar refractivity (Wildman–Crippen MR) is 101 cm³/mol. The van der Waals surface area contributed by atoms with Gasteiger partial charge < -0.3 is 15.4 Å². The molecule has 2 heterocycles. The molecule has 2 aromatic carbocycles. The first-order valence-corrected chi connectivity index (χ1v) is 8.43. The number of aromatic amines is 1. The molecule has 146 valence electrons. The van der Waals surface area contributed by atoms with Gasteiger partial charge in [-0.05, 0) is 24.3 Å². The summed E-state index contributed by atoms with van der Waals surface area (Å²) in [6, 6.07) is 13.1. The lowest BCUT2D eigenvalue weighted by Crippen LogP contribution is -2.04. The predicted octanol–water partition coefficient (Wildman–Crippen LogP) is 5.09. The number of carboxylic acids is 1. The van der Waals surface area contributed by atoms with Crippen LogP contribution in [0.5, 0.6) is 0 Å². The van der Waals surface area contributed by atoms with Crippen molar-refractivity contribution >= 4 is 28.4 Å². The molecule has 2 aromatic heterocycles. The van der Waals surface area contributed by atoms with E-state index in [1.165, 1.54) is 24.5 Å². The molecule has 4 rings (SSSR count). The van der Waals surface area contributed by atoms with Gasteiger partial charge in [0.25, 0.3) is 0 Å². The van der Waals surface area contributed by atoms with Gasteiger partial charge in [0.15, 0.2) is 0 Å². The fourth-order valence-electron chi connectivity index (χ4n) is 2.93. The molecule has 0 amide bonds. The third kappa shape index (κ3) is 3.75. The summed E-state index contributed by atoms with van der Waals surface area (Å²) < 4.78 is 38.2. The van der Waals surface area contributed by atoms with Gasteiger partial charge in [0.2, 0.25) is 0 Å². The molecule has 0 saturated carbocycles. The Morgan fingerprint density at radius 3 is 2.48 bits per heavy atom. The lowest BCUT2D eigenvalue weighted by Gasteiger charge is -2.09. The van der Waals surface area contributed by atoms with E-state index in [0.29, 0.717) is 33.7 Å². The summed E-state index contributed by atoms with van der Waals surface area (Å²) >= 11 is 0. The van der Waals surface area contributed by atoms with Crippen LogP contribution in [0.15, 0.2) is 60.9 Å². The average Bonchev–Trinajstić information content (AvgIpc) is 3.14. The molecule has 4 aromatic rings. The van der Waals surface area contributed by atoms with E-state index in [0.717, 1.165) is 12.1 Å². The Labute approximate surface area is 162 Å². The monoisotopic (exact) mass is 398 g/mol. The summed E-state index contributed by atoms with van der Waals surface area (Å²) in [5.41, 5.74) is 1.48. The highest BCUT2D eigenvalue weighted by Gasteiger charge is 2.30. The SMILES string of the molecule is O=C(O)c1cc2cccc(Nc3cc(-c4ccc(C(F)(F)F)cc4)ncn3)c2[nH]1. The molecule has 0 fully saturated rings. The number of aromatic carboxylic acids is 1. The van der Waals surface area contributed by atoms with Crippen molar-refractivity contribution in [1.82, 2.24) is 15.0 Å². The molecule has 0 radical (unpaired) electrons. The van der Waals surface area contributed by atoms with E-state index in [1.807, 2.05) is 0 Å². The van der Waals surface area contributed by atoms with Crippen LogP contribution in [0.2, 0.25) is 0 Å². The number of carbonyl (C=O) groups is 1. The number of H-pyrrole nitrogens is 1. The first-order valence-electron chi connectivity index (χ1n) is 8.43. The lowest BCUT2D eigenvalue weighted by atomic mass is 10.1. The Bertz CT molecular complexity index is 1200. The third-order valence-corrected chi connectivity index (χ3v) is 4.32. The number of rotatable bonds is 4. The number of nitrogens with zero attached hydrogens (tertiary/aromatic N) is 2. The Hall–Kier alpha value is -3.88. The standard InChI is InChI=1S/C20H13F3N4O2/c21-20(22,23)13-6-4-11(5-7-13)15-9-17(25-10-24-15)26-14-3-1-2-12-8-16(19(28)29)27-18(12)14/h1-10,27H,(H,28,29)(H,24,25,26). The Morgan fingerprint density at radius 1 is 1.03 bits per heavy atom. The second kappa shape index (κ2) is 6.93. The molecule has 0 aliphatic heterocycles. The van der Waals surface area contributed by atoms with Gasteiger partial charge in [-0.15, -0.1) is 0 Å². The second-order valence-corrected chi connectivity index (χ2v) is 6.25. The van der Waals surface area contributed by atoms with Crippen molar-refractivity contribution < 1.29 is 23.1 Å². The number of hydrogen-bond acceptors (Lipinski definition) is 4. The second-order valence-electron chi connectivity index (χ2n) is 6.25. The molecule has 9 heteroatoms. The number of aromatic nitrogens is 3. The number of fused-ring (bicyclic) bond motifs is 1. The van der Waals surface area contributed by atoms with Crippen LogP contribution in [0, 0.1) is 0 Å². The van der Waals surface area contributed by atoms with Crippen molar-refractivity contribution in [3.63, 3.8) is 0 Å². The normalized spacial score (nSPS) is 11.6. The molecule has 0 bridgehead atoms. The minimum Gasteiger partial charge on any atom is -0.477 e. The van der Waals surface area contributed by atoms with Crippen LogP contribution in [0.25, 0.3) is 22.2 Å². The van der Waals surface area contributed by atoms with Crippen molar-refractivity contribution in [2.45, 2.75) is 6.18 Å². The van der Waals surface area contributed by atoms with Crippen LogP contribution in [0.3, 0.4) is 0 Å². The number of alkyl halides is 3. The van der Waals surface area contributed by atoms with Crippen LogP contribution in [-0.4, -0.2) is 26.0 Å². The van der Waals surface area contributed by atoms with Crippen molar-refractivity contribution in [1.29, 1.82) is 0 Å². The molecule has 29 heavy (non-hydrogen) atoms. The summed E-state index contributed by atoms with van der Waals surface area (Å²) in [7, 11) is 0. The van der Waals surface area contributed by atoms with Gasteiger partial charge in [-0.3, -0.25) is 0 Å². The number of anilines is 2. The molecule has 0 spiro atoms. The van der Waals surface area contributed by atoms with Crippen LogP contribution in [-0.2, 0) is 6.18 Å². The van der Waals surface area contributed by atoms with Crippen molar-refractivity contribution in [2.75, 3.05) is 5.32 Å². The topological polar surface area (TPSA) is 90.9 Å². The van der Waals surface area contributed by atoms with Gasteiger partial charge in [-0.2, -0.15) is 13.2 Å². The fraction of sp³-hybridized carbons (Fsp3) is 0.0500. The van der Waals surface area contributed by atoms with Crippen molar-refractivity contribution in [3.05, 3.63) is 72.2 Å². The van der Waals surface area contributed by atoms with Gasteiger partial charge in [0.05, 0.1) is 22.5 Å². The highest BCUT2D eigenvalue weighted by Crippen LogP contribution is 2.31. The molecule has 3 N–H and O–H groups in total. The number of nitrogens with one attached hydrogen (secondary N) is 2. The van der Waals surface area contributed by atoms with E-state index in [-0.39, 0.29) is 5.69 Å². The molecular weight excluding hydrogens is 385 g/mol. The maximum Gasteiger partial charge on any atom is 0.416 e. The zero-order valence-corrected chi connectivity index (χ0v) is 14.7. The largest absolute Gasteiger partial charge is 0.477 e.